The lowest BCUT2D eigenvalue weighted by atomic mass is 10.0. The molecule has 9 nitrogen and oxygen atoms in total. The van der Waals surface area contributed by atoms with Crippen molar-refractivity contribution in [2.24, 2.45) is 0 Å². The van der Waals surface area contributed by atoms with E-state index in [1.807, 2.05) is 0 Å². The summed E-state index contributed by atoms with van der Waals surface area (Å²) in [5.41, 5.74) is 0.575. The minimum Gasteiger partial charge on any atom is -0.489 e. The minimum absolute atomic E-state index is 0.126. The van der Waals surface area contributed by atoms with E-state index < -0.39 is 30.2 Å². The molecule has 0 unspecified atom stereocenters. The van der Waals surface area contributed by atoms with E-state index in [-0.39, 0.29) is 47.5 Å². The van der Waals surface area contributed by atoms with Crippen molar-refractivity contribution in [3.05, 3.63) is 54.0 Å². The third-order valence-corrected chi connectivity index (χ3v) is 6.29. The minimum atomic E-state index is -4.88. The smallest absolute Gasteiger partial charge is 0.413 e. The van der Waals surface area contributed by atoms with Crippen LogP contribution in [0.2, 0.25) is 0 Å². The van der Waals surface area contributed by atoms with E-state index in [9.17, 15) is 27.5 Å². The maximum absolute atomic E-state index is 14.4. The van der Waals surface area contributed by atoms with Crippen molar-refractivity contribution in [3.8, 4) is 17.3 Å². The number of alkyl halides is 3. The van der Waals surface area contributed by atoms with Crippen molar-refractivity contribution in [2.45, 2.75) is 44.6 Å². The first-order valence-electron chi connectivity index (χ1n) is 11.9. The van der Waals surface area contributed by atoms with Gasteiger partial charge in [0.1, 0.15) is 22.8 Å². The number of aromatic nitrogens is 4. The van der Waals surface area contributed by atoms with Crippen LogP contribution in [0.5, 0.6) is 5.75 Å². The first-order chi connectivity index (χ1) is 18.0. The van der Waals surface area contributed by atoms with Gasteiger partial charge in [0.15, 0.2) is 17.5 Å². The Morgan fingerprint density at radius 3 is 2.66 bits per heavy atom. The van der Waals surface area contributed by atoms with Crippen molar-refractivity contribution in [1.82, 2.24) is 29.8 Å². The Morgan fingerprint density at radius 1 is 1.21 bits per heavy atom. The van der Waals surface area contributed by atoms with Gasteiger partial charge in [-0.3, -0.25) is 9.30 Å². The lowest BCUT2D eigenvalue weighted by Gasteiger charge is -2.35. The Hall–Kier alpha value is -4.00. The monoisotopic (exact) mass is 532 g/mol. The molecule has 0 spiro atoms. The molecule has 38 heavy (non-hydrogen) atoms. The van der Waals surface area contributed by atoms with Crippen molar-refractivity contribution in [1.29, 1.82) is 0 Å². The lowest BCUT2D eigenvalue weighted by Crippen LogP contribution is -2.48. The largest absolute Gasteiger partial charge is 0.489 e. The second-order valence-corrected chi connectivity index (χ2v) is 9.33. The van der Waals surface area contributed by atoms with Gasteiger partial charge in [-0.1, -0.05) is 12.1 Å². The maximum Gasteiger partial charge on any atom is 0.413 e. The molecule has 0 aliphatic carbocycles. The van der Waals surface area contributed by atoms with Gasteiger partial charge in [-0.05, 0) is 45.0 Å². The molecule has 4 heterocycles. The molecule has 5 rings (SSSR count). The number of rotatable bonds is 6. The Morgan fingerprint density at radius 2 is 2.00 bits per heavy atom. The third kappa shape index (κ3) is 4.80. The number of benzene rings is 1. The van der Waals surface area contributed by atoms with E-state index in [0.29, 0.717) is 22.3 Å². The topological polar surface area (TPSA) is 105 Å². The van der Waals surface area contributed by atoms with E-state index in [1.165, 1.54) is 34.9 Å². The number of pyridine rings is 2. The average Bonchev–Trinajstić information content (AvgIpc) is 3.50. The van der Waals surface area contributed by atoms with Crippen LogP contribution in [0.4, 0.5) is 22.4 Å². The summed E-state index contributed by atoms with van der Waals surface area (Å²) in [7, 11) is 0. The van der Waals surface area contributed by atoms with Crippen molar-refractivity contribution < 1.29 is 32.2 Å². The van der Waals surface area contributed by atoms with Crippen LogP contribution in [0.15, 0.2) is 42.6 Å². The zero-order valence-corrected chi connectivity index (χ0v) is 20.4. The Bertz CT molecular complexity index is 1500. The third-order valence-electron chi connectivity index (χ3n) is 6.29. The summed E-state index contributed by atoms with van der Waals surface area (Å²) in [5.74, 6) is -0.154. The number of carbonyl (C=O) groups is 1. The van der Waals surface area contributed by atoms with Gasteiger partial charge in [-0.15, -0.1) is 10.2 Å². The van der Waals surface area contributed by atoms with Crippen LogP contribution in [-0.2, 0) is 0 Å². The molecule has 1 aliphatic heterocycles. The molecule has 4 aromatic rings. The molecular weight excluding hydrogens is 508 g/mol. The highest BCUT2D eigenvalue weighted by Gasteiger charge is 2.49. The number of nitrogens with zero attached hydrogens (tertiary/aromatic N) is 5. The molecule has 1 aliphatic rings. The van der Waals surface area contributed by atoms with Crippen LogP contribution in [0, 0.1) is 5.82 Å². The average molecular weight is 532 g/mol. The molecule has 0 radical (unpaired) electrons. The number of ether oxygens (including phenoxy) is 1. The molecule has 13 heteroatoms. The number of halogens is 4. The van der Waals surface area contributed by atoms with Crippen molar-refractivity contribution in [2.75, 3.05) is 13.1 Å². The molecule has 1 fully saturated rings. The second-order valence-electron chi connectivity index (χ2n) is 9.33. The maximum atomic E-state index is 14.4. The molecule has 2 N–H and O–H groups in total. The fourth-order valence-electron chi connectivity index (χ4n) is 4.74. The van der Waals surface area contributed by atoms with E-state index >= 15 is 0 Å². The molecular formula is C25H24F4N6O3. The number of amides is 1. The van der Waals surface area contributed by atoms with Gasteiger partial charge < -0.3 is 15.2 Å². The van der Waals surface area contributed by atoms with Gasteiger partial charge >= 0.3 is 12.3 Å². The molecule has 1 amide bonds. The predicted octanol–water partition coefficient (Wildman–Crippen LogP) is 4.82. The second kappa shape index (κ2) is 9.71. The number of carboxylic acid groups (broad SMARTS) is 1. The molecule has 200 valence electrons. The highest BCUT2D eigenvalue weighted by Crippen LogP contribution is 2.40. The molecule has 1 aromatic carbocycles. The van der Waals surface area contributed by atoms with E-state index in [4.69, 9.17) is 4.74 Å². The Labute approximate surface area is 214 Å². The van der Waals surface area contributed by atoms with E-state index in [1.54, 1.807) is 26.0 Å². The number of hydrogen-bond donors (Lipinski definition) is 2. The quantitative estimate of drug-likeness (QED) is 0.343. The van der Waals surface area contributed by atoms with Gasteiger partial charge in [0.05, 0.1) is 6.10 Å². The molecule has 0 saturated carbocycles. The zero-order chi connectivity index (χ0) is 27.2. The summed E-state index contributed by atoms with van der Waals surface area (Å²) in [6, 6.07) is 4.99. The summed E-state index contributed by atoms with van der Waals surface area (Å²) in [4.78, 5) is 17.0. The SMILES string of the molecule is CC(C)Oc1cc(F)cc2ccc(-c3nnc4ccc([C@@H](N(C(=O)O)[C@H]5CCNC5)C(F)(F)F)cn34)nc12. The highest BCUT2D eigenvalue weighted by atomic mass is 19.4. The summed E-state index contributed by atoms with van der Waals surface area (Å²) in [6.07, 6.45) is -5.35. The number of fused-ring (bicyclic) bond motifs is 2. The standard InChI is InChI=1S/C25H24F4N6O3/c1-13(2)38-19-10-16(26)9-14-3-5-18(31-21(14)19)23-33-32-20-6-4-15(12-34(20)23)22(25(27,28)29)35(24(36)37)17-7-8-30-11-17/h3-6,9-10,12-13,17,22,30H,7-8,11H2,1-2H3,(H,36,37)/t17-,22+/m0/s1. The number of nitrogens with one attached hydrogen (secondary N) is 1. The summed E-state index contributed by atoms with van der Waals surface area (Å²) in [6.45, 7) is 4.12. The zero-order valence-electron chi connectivity index (χ0n) is 20.4. The highest BCUT2D eigenvalue weighted by molar-refractivity contribution is 5.86. The van der Waals surface area contributed by atoms with E-state index in [2.05, 4.69) is 20.5 Å². The lowest BCUT2D eigenvalue weighted by molar-refractivity contribution is -0.185. The van der Waals surface area contributed by atoms with Gasteiger partial charge in [0.2, 0.25) is 0 Å². The van der Waals surface area contributed by atoms with Crippen LogP contribution in [0.1, 0.15) is 31.9 Å². The van der Waals surface area contributed by atoms with E-state index in [0.717, 1.165) is 0 Å². The fraction of sp³-hybridized carbons (Fsp3) is 0.360. The van der Waals surface area contributed by atoms with Crippen molar-refractivity contribution >= 4 is 22.6 Å². The summed E-state index contributed by atoms with van der Waals surface area (Å²) in [5, 5.41) is 21.3. The van der Waals surface area contributed by atoms with Crippen LogP contribution < -0.4 is 10.1 Å². The van der Waals surface area contributed by atoms with Crippen LogP contribution >= 0.6 is 0 Å². The number of hydrogen-bond acceptors (Lipinski definition) is 6. The van der Waals surface area contributed by atoms with Crippen LogP contribution in [0.25, 0.3) is 28.1 Å². The van der Waals surface area contributed by atoms with Gasteiger partial charge in [-0.25, -0.2) is 14.2 Å². The van der Waals surface area contributed by atoms with Gasteiger partial charge in [-0.2, -0.15) is 13.2 Å². The predicted molar refractivity (Wildman–Crippen MR) is 129 cm³/mol. The van der Waals surface area contributed by atoms with Gasteiger partial charge in [0, 0.05) is 35.8 Å². The van der Waals surface area contributed by atoms with Gasteiger partial charge in [0.25, 0.3) is 0 Å². The molecule has 2 atom stereocenters. The fourth-order valence-corrected chi connectivity index (χ4v) is 4.74. The molecule has 0 bridgehead atoms. The molecule has 1 saturated heterocycles. The van der Waals surface area contributed by atoms with Crippen LogP contribution in [-0.4, -0.2) is 67.1 Å². The Balaban J connectivity index is 1.63. The first-order valence-corrected chi connectivity index (χ1v) is 11.9. The van der Waals surface area contributed by atoms with Crippen molar-refractivity contribution in [3.63, 3.8) is 0 Å². The summed E-state index contributed by atoms with van der Waals surface area (Å²) >= 11 is 0. The van der Waals surface area contributed by atoms with Crippen LogP contribution in [0.3, 0.4) is 0 Å². The summed E-state index contributed by atoms with van der Waals surface area (Å²) < 4.78 is 64.2. The molecule has 3 aromatic heterocycles. The first kappa shape index (κ1) is 25.6. The normalized spacial score (nSPS) is 16.9. The Kier molecular flexibility index (Phi) is 6.55.